The highest BCUT2D eigenvalue weighted by Gasteiger charge is 2.16. The van der Waals surface area contributed by atoms with Gasteiger partial charge in [-0.05, 0) is 6.92 Å². The van der Waals surface area contributed by atoms with E-state index < -0.39 is 5.97 Å². The molecule has 2 heterocycles. The van der Waals surface area contributed by atoms with Crippen LogP contribution in [0.4, 0.5) is 5.13 Å². The van der Waals surface area contributed by atoms with Crippen LogP contribution in [-0.2, 0) is 11.2 Å². The highest BCUT2D eigenvalue weighted by Crippen LogP contribution is 2.27. The van der Waals surface area contributed by atoms with Crippen LogP contribution in [0.2, 0.25) is 5.15 Å². The van der Waals surface area contributed by atoms with Crippen LogP contribution in [0.15, 0.2) is 5.38 Å². The van der Waals surface area contributed by atoms with Gasteiger partial charge in [0.05, 0.1) is 12.1 Å². The van der Waals surface area contributed by atoms with Crippen molar-refractivity contribution >= 4 is 45.4 Å². The first kappa shape index (κ1) is 14.2. The molecule has 2 aromatic rings. The molecule has 0 fully saturated rings. The normalized spacial score (nSPS) is 10.5. The Hall–Kier alpha value is -1.18. The molecular weight excluding hydrogens is 306 g/mol. The van der Waals surface area contributed by atoms with E-state index in [0.717, 1.165) is 17.1 Å². The number of anilines is 1. The second-order valence-electron chi connectivity index (χ2n) is 3.69. The summed E-state index contributed by atoms with van der Waals surface area (Å²) in [5.74, 6) is -0.467. The van der Waals surface area contributed by atoms with Gasteiger partial charge in [-0.1, -0.05) is 22.9 Å². The van der Waals surface area contributed by atoms with Crippen LogP contribution in [0.5, 0.6) is 0 Å². The largest absolute Gasteiger partial charge is 0.465 e. The third-order valence-electron chi connectivity index (χ3n) is 2.24. The molecule has 0 aromatic carbocycles. The number of thiazole rings is 2. The third kappa shape index (κ3) is 3.65. The summed E-state index contributed by atoms with van der Waals surface area (Å²) in [6.07, 6.45) is 0.809. The van der Waals surface area contributed by atoms with Crippen molar-refractivity contribution in [3.63, 3.8) is 0 Å². The molecule has 0 aliphatic rings. The van der Waals surface area contributed by atoms with Crippen LogP contribution in [0.25, 0.3) is 0 Å². The van der Waals surface area contributed by atoms with Crippen LogP contribution in [0.3, 0.4) is 0 Å². The molecule has 2 rings (SSSR count). The van der Waals surface area contributed by atoms with Crippen molar-refractivity contribution in [2.45, 2.75) is 13.3 Å². The lowest BCUT2D eigenvalue weighted by molar-refractivity contribution is 0.0606. The van der Waals surface area contributed by atoms with Gasteiger partial charge in [-0.3, -0.25) is 0 Å². The SMILES string of the molecule is COC(=O)c1sc(NCCc2nc(C)cs2)nc1Cl. The molecule has 8 heteroatoms. The lowest BCUT2D eigenvalue weighted by Gasteiger charge is -1.99. The van der Waals surface area contributed by atoms with E-state index in [4.69, 9.17) is 11.6 Å². The lowest BCUT2D eigenvalue weighted by atomic mass is 10.4. The summed E-state index contributed by atoms with van der Waals surface area (Å²) in [5.41, 5.74) is 1.03. The van der Waals surface area contributed by atoms with E-state index in [1.807, 2.05) is 12.3 Å². The maximum atomic E-state index is 11.4. The number of carbonyl (C=O) groups excluding carboxylic acids is 1. The summed E-state index contributed by atoms with van der Waals surface area (Å²) in [6, 6.07) is 0. The Kier molecular flexibility index (Phi) is 4.73. The number of rotatable bonds is 5. The minimum atomic E-state index is -0.467. The predicted molar refractivity (Wildman–Crippen MR) is 77.5 cm³/mol. The number of ether oxygens (including phenoxy) is 1. The fraction of sp³-hybridized carbons (Fsp3) is 0.364. The third-order valence-corrected chi connectivity index (χ3v) is 4.64. The Morgan fingerprint density at radius 3 is 2.95 bits per heavy atom. The zero-order valence-electron chi connectivity index (χ0n) is 10.4. The fourth-order valence-electron chi connectivity index (χ4n) is 1.39. The van der Waals surface area contributed by atoms with Crippen LogP contribution in [-0.4, -0.2) is 29.6 Å². The molecule has 0 aliphatic carbocycles. The number of hydrogen-bond donors (Lipinski definition) is 1. The first-order chi connectivity index (χ1) is 9.10. The number of aryl methyl sites for hydroxylation is 1. The molecule has 2 aromatic heterocycles. The van der Waals surface area contributed by atoms with Crippen molar-refractivity contribution < 1.29 is 9.53 Å². The number of nitrogens with one attached hydrogen (secondary N) is 1. The highest BCUT2D eigenvalue weighted by atomic mass is 35.5. The standard InChI is InChI=1S/C11H12ClN3O2S2/c1-6-5-18-7(14-6)3-4-13-11-15-9(12)8(19-11)10(16)17-2/h5H,3-4H2,1-2H3,(H,13,15). The van der Waals surface area contributed by atoms with Crippen LogP contribution in [0, 0.1) is 6.92 Å². The molecular formula is C11H12ClN3O2S2. The summed E-state index contributed by atoms with van der Waals surface area (Å²) in [6.45, 7) is 2.66. The van der Waals surface area contributed by atoms with Crippen molar-refractivity contribution in [1.82, 2.24) is 9.97 Å². The number of carbonyl (C=O) groups is 1. The number of aromatic nitrogens is 2. The van der Waals surface area contributed by atoms with Gasteiger partial charge >= 0.3 is 5.97 Å². The van der Waals surface area contributed by atoms with E-state index in [1.165, 1.54) is 18.4 Å². The number of nitrogens with zero attached hydrogens (tertiary/aromatic N) is 2. The maximum Gasteiger partial charge on any atom is 0.351 e. The molecule has 102 valence electrons. The van der Waals surface area contributed by atoms with E-state index in [9.17, 15) is 4.79 Å². The first-order valence-electron chi connectivity index (χ1n) is 5.49. The summed E-state index contributed by atoms with van der Waals surface area (Å²) < 4.78 is 4.62. The first-order valence-corrected chi connectivity index (χ1v) is 7.57. The summed E-state index contributed by atoms with van der Waals surface area (Å²) in [7, 11) is 1.32. The molecule has 0 spiro atoms. The quantitative estimate of drug-likeness (QED) is 0.859. The molecule has 19 heavy (non-hydrogen) atoms. The predicted octanol–water partition coefficient (Wildman–Crippen LogP) is 3.00. The molecule has 5 nitrogen and oxygen atoms in total. The number of hydrogen-bond acceptors (Lipinski definition) is 7. The van der Waals surface area contributed by atoms with Gasteiger partial charge in [0.25, 0.3) is 0 Å². The van der Waals surface area contributed by atoms with E-state index in [-0.39, 0.29) is 5.15 Å². The van der Waals surface area contributed by atoms with Gasteiger partial charge in [-0.25, -0.2) is 14.8 Å². The molecule has 0 unspecified atom stereocenters. The minimum Gasteiger partial charge on any atom is -0.465 e. The van der Waals surface area contributed by atoms with E-state index in [0.29, 0.717) is 16.6 Å². The second kappa shape index (κ2) is 6.31. The van der Waals surface area contributed by atoms with E-state index in [1.54, 1.807) is 11.3 Å². The Morgan fingerprint density at radius 1 is 1.53 bits per heavy atom. The zero-order chi connectivity index (χ0) is 13.8. The molecule has 0 bridgehead atoms. The second-order valence-corrected chi connectivity index (χ2v) is 5.99. The molecule has 1 N–H and O–H groups in total. The van der Waals surface area contributed by atoms with Crippen molar-refractivity contribution in [3.8, 4) is 0 Å². The Bertz CT molecular complexity index is 582. The van der Waals surface area contributed by atoms with Crippen molar-refractivity contribution in [2.24, 2.45) is 0 Å². The van der Waals surface area contributed by atoms with E-state index in [2.05, 4.69) is 20.0 Å². The molecule has 0 aliphatic heterocycles. The Labute approximate surface area is 123 Å². The zero-order valence-corrected chi connectivity index (χ0v) is 12.8. The Morgan fingerprint density at radius 2 is 2.32 bits per heavy atom. The average Bonchev–Trinajstić information content (AvgIpc) is 2.95. The number of methoxy groups -OCH3 is 1. The monoisotopic (exact) mass is 317 g/mol. The van der Waals surface area contributed by atoms with Gasteiger partial charge in [-0.15, -0.1) is 11.3 Å². The maximum absolute atomic E-state index is 11.4. The molecule has 0 saturated carbocycles. The van der Waals surface area contributed by atoms with Gasteiger partial charge in [0.1, 0.15) is 0 Å². The molecule has 0 atom stereocenters. The molecule has 0 radical (unpaired) electrons. The van der Waals surface area contributed by atoms with Crippen LogP contribution >= 0.6 is 34.3 Å². The number of halogens is 1. The molecule has 0 saturated heterocycles. The van der Waals surface area contributed by atoms with Gasteiger partial charge in [0.2, 0.25) is 0 Å². The topological polar surface area (TPSA) is 64.1 Å². The summed E-state index contributed by atoms with van der Waals surface area (Å²) in [5, 5.41) is 6.99. The van der Waals surface area contributed by atoms with Gasteiger partial charge in [0.15, 0.2) is 15.2 Å². The van der Waals surface area contributed by atoms with Gasteiger partial charge in [0, 0.05) is 24.0 Å². The molecule has 0 amide bonds. The van der Waals surface area contributed by atoms with Crippen LogP contribution in [0.1, 0.15) is 20.4 Å². The average molecular weight is 318 g/mol. The van der Waals surface area contributed by atoms with Crippen molar-refractivity contribution in [2.75, 3.05) is 19.0 Å². The van der Waals surface area contributed by atoms with E-state index >= 15 is 0 Å². The fourth-order valence-corrected chi connectivity index (χ4v) is 3.29. The smallest absolute Gasteiger partial charge is 0.351 e. The van der Waals surface area contributed by atoms with Crippen molar-refractivity contribution in [3.05, 3.63) is 26.1 Å². The van der Waals surface area contributed by atoms with Gasteiger partial charge < -0.3 is 10.1 Å². The Balaban J connectivity index is 1.91. The van der Waals surface area contributed by atoms with Crippen molar-refractivity contribution in [1.29, 1.82) is 0 Å². The lowest BCUT2D eigenvalue weighted by Crippen LogP contribution is -2.04. The summed E-state index contributed by atoms with van der Waals surface area (Å²) in [4.78, 5) is 20.1. The summed E-state index contributed by atoms with van der Waals surface area (Å²) >= 11 is 8.69. The highest BCUT2D eigenvalue weighted by molar-refractivity contribution is 7.18. The minimum absolute atomic E-state index is 0.171. The number of esters is 1. The van der Waals surface area contributed by atoms with Gasteiger partial charge in [-0.2, -0.15) is 0 Å². The van der Waals surface area contributed by atoms with Crippen LogP contribution < -0.4 is 5.32 Å².